The molecular weight excluding hydrogens is 496 g/mol. The van der Waals surface area contributed by atoms with Gasteiger partial charge in [0.1, 0.15) is 11.9 Å². The van der Waals surface area contributed by atoms with E-state index in [-0.39, 0.29) is 37.2 Å². The van der Waals surface area contributed by atoms with E-state index in [1.807, 2.05) is 0 Å². The van der Waals surface area contributed by atoms with E-state index in [1.54, 1.807) is 26.8 Å². The SMILES string of the molecule is CC(=O)O[C@@H]1C[C@H](O)[C@@]23COC(O)[C@]1(C)[C@@H]2C[C@@H](O)[C@]1(C)C3=C(O)C(=O)[C@]2(C)[C@H]1C(=O)C[C@H]2c1ccoc1. The lowest BCUT2D eigenvalue weighted by molar-refractivity contribution is -0.340. The third kappa shape index (κ3) is 2.69. The Balaban J connectivity index is 1.59. The van der Waals surface area contributed by atoms with Gasteiger partial charge in [0.25, 0.3) is 0 Å². The van der Waals surface area contributed by atoms with Gasteiger partial charge in [0, 0.05) is 42.4 Å². The van der Waals surface area contributed by atoms with Crippen molar-refractivity contribution in [3.8, 4) is 0 Å². The summed E-state index contributed by atoms with van der Waals surface area (Å²) in [6.07, 6.45) is -1.84. The number of ketones is 2. The van der Waals surface area contributed by atoms with E-state index >= 15 is 0 Å². The van der Waals surface area contributed by atoms with Crippen LogP contribution in [0, 0.1) is 33.5 Å². The van der Waals surface area contributed by atoms with Crippen LogP contribution in [0.3, 0.4) is 0 Å². The van der Waals surface area contributed by atoms with E-state index in [0.717, 1.165) is 0 Å². The summed E-state index contributed by atoms with van der Waals surface area (Å²) in [7, 11) is 0. The van der Waals surface area contributed by atoms with Gasteiger partial charge in [0.05, 0.1) is 42.2 Å². The van der Waals surface area contributed by atoms with Crippen molar-refractivity contribution in [2.45, 2.75) is 77.5 Å². The molecule has 206 valence electrons. The molecule has 0 aromatic carbocycles. The number of fused-ring (bicyclic) bond motifs is 3. The molecule has 1 aliphatic heterocycles. The normalized spacial score (nSPS) is 49.8. The highest BCUT2D eigenvalue weighted by molar-refractivity contribution is 6.07. The molecule has 2 bridgehead atoms. The standard InChI is InChI=1S/C28H34O10/c1-12(29)38-19-9-18(32)28-11-37-24(35)26(19,3)16(28)8-17(31)27(4)21-15(30)7-14(13-5-6-36-10-13)25(21,2)23(34)20(33)22(27)28/h5-6,10,14,16-19,21,24,31-33,35H,7-9,11H2,1-4H3/t14-,16-,17+,18-,19+,21+,24?,25-,26+,27-,28+/m0/s1. The first-order valence-electron chi connectivity index (χ1n) is 13.1. The molecule has 4 fully saturated rings. The molecule has 0 spiro atoms. The molecule has 0 radical (unpaired) electrons. The maximum absolute atomic E-state index is 14.2. The summed E-state index contributed by atoms with van der Waals surface area (Å²) in [5.41, 5.74) is -4.65. The van der Waals surface area contributed by atoms with Crippen molar-refractivity contribution >= 4 is 17.5 Å². The molecule has 1 saturated heterocycles. The summed E-state index contributed by atoms with van der Waals surface area (Å²) in [6.45, 7) is 6.02. The van der Waals surface area contributed by atoms with Crippen molar-refractivity contribution in [2.75, 3.05) is 6.61 Å². The average molecular weight is 531 g/mol. The van der Waals surface area contributed by atoms with Crippen LogP contribution >= 0.6 is 0 Å². The van der Waals surface area contributed by atoms with E-state index in [0.29, 0.717) is 5.56 Å². The molecule has 0 amide bonds. The summed E-state index contributed by atoms with van der Waals surface area (Å²) in [6, 6.07) is 1.70. The van der Waals surface area contributed by atoms with Crippen molar-refractivity contribution in [3.63, 3.8) is 0 Å². The largest absolute Gasteiger partial charge is 0.504 e. The molecule has 1 unspecified atom stereocenters. The molecule has 5 aliphatic rings. The minimum atomic E-state index is -1.40. The number of rotatable bonds is 2. The van der Waals surface area contributed by atoms with Gasteiger partial charge in [-0.2, -0.15) is 0 Å². The van der Waals surface area contributed by atoms with Crippen molar-refractivity contribution in [2.24, 2.45) is 33.5 Å². The number of aliphatic hydroxyl groups is 4. The second-order valence-electron chi connectivity index (χ2n) is 12.6. The van der Waals surface area contributed by atoms with Crippen LogP contribution in [0.5, 0.6) is 0 Å². The number of Topliss-reactive ketones (excluding diaryl/α,β-unsaturated/α-hetero) is 2. The van der Waals surface area contributed by atoms with E-state index in [1.165, 1.54) is 19.5 Å². The molecule has 38 heavy (non-hydrogen) atoms. The molecular formula is C28H34O10. The summed E-state index contributed by atoms with van der Waals surface area (Å²) in [5.74, 6) is -4.28. The number of aliphatic hydroxyl groups excluding tert-OH is 4. The third-order valence-electron chi connectivity index (χ3n) is 11.1. The van der Waals surface area contributed by atoms with Gasteiger partial charge in [0.2, 0.25) is 5.78 Å². The van der Waals surface area contributed by atoms with Gasteiger partial charge >= 0.3 is 5.97 Å². The molecule has 10 heteroatoms. The minimum absolute atomic E-state index is 0.0312. The summed E-state index contributed by atoms with van der Waals surface area (Å²) in [4.78, 5) is 39.9. The van der Waals surface area contributed by atoms with Gasteiger partial charge in [-0.25, -0.2) is 0 Å². The van der Waals surface area contributed by atoms with E-state index in [9.17, 15) is 34.8 Å². The molecule has 4 aliphatic carbocycles. The van der Waals surface area contributed by atoms with Gasteiger partial charge < -0.3 is 34.3 Å². The van der Waals surface area contributed by atoms with Crippen LogP contribution in [0.4, 0.5) is 0 Å². The lowest BCUT2D eigenvalue weighted by atomic mass is 9.37. The highest BCUT2D eigenvalue weighted by Gasteiger charge is 2.78. The Bertz CT molecular complexity index is 1250. The lowest BCUT2D eigenvalue weighted by Gasteiger charge is -2.70. The average Bonchev–Trinajstić information content (AvgIpc) is 3.46. The van der Waals surface area contributed by atoms with Crippen molar-refractivity contribution in [1.82, 2.24) is 0 Å². The smallest absolute Gasteiger partial charge is 0.302 e. The fraction of sp³-hybridized carbons (Fsp3) is 0.679. The van der Waals surface area contributed by atoms with E-state index in [2.05, 4.69) is 0 Å². The van der Waals surface area contributed by atoms with Crippen LogP contribution in [0.15, 0.2) is 34.3 Å². The summed E-state index contributed by atoms with van der Waals surface area (Å²) in [5, 5.41) is 46.4. The maximum atomic E-state index is 14.2. The molecule has 3 saturated carbocycles. The minimum Gasteiger partial charge on any atom is -0.504 e. The van der Waals surface area contributed by atoms with Crippen LogP contribution in [-0.4, -0.2) is 69.2 Å². The molecule has 6 rings (SSSR count). The Hall–Kier alpha value is -2.53. The van der Waals surface area contributed by atoms with E-state index < -0.39 is 81.5 Å². The monoisotopic (exact) mass is 530 g/mol. The Morgan fingerprint density at radius 3 is 2.42 bits per heavy atom. The van der Waals surface area contributed by atoms with Crippen molar-refractivity contribution in [3.05, 3.63) is 35.5 Å². The van der Waals surface area contributed by atoms with E-state index in [4.69, 9.17) is 13.9 Å². The van der Waals surface area contributed by atoms with Crippen molar-refractivity contribution in [1.29, 1.82) is 0 Å². The number of esters is 1. The molecule has 4 N–H and O–H groups in total. The number of allylic oxidation sites excluding steroid dienone is 1. The molecule has 2 heterocycles. The van der Waals surface area contributed by atoms with Crippen LogP contribution in [0.1, 0.15) is 58.4 Å². The van der Waals surface area contributed by atoms with Crippen LogP contribution in [0.25, 0.3) is 0 Å². The van der Waals surface area contributed by atoms with Gasteiger partial charge in [-0.1, -0.05) is 20.8 Å². The Labute approximate surface area is 219 Å². The van der Waals surface area contributed by atoms with Gasteiger partial charge in [0.15, 0.2) is 12.0 Å². The zero-order valence-corrected chi connectivity index (χ0v) is 21.8. The number of carbonyl (C=O) groups is 3. The Morgan fingerprint density at radius 1 is 1.08 bits per heavy atom. The highest BCUT2D eigenvalue weighted by Crippen LogP contribution is 2.74. The second-order valence-corrected chi connectivity index (χ2v) is 12.6. The first kappa shape index (κ1) is 25.7. The predicted molar refractivity (Wildman–Crippen MR) is 128 cm³/mol. The third-order valence-corrected chi connectivity index (χ3v) is 11.1. The van der Waals surface area contributed by atoms with Gasteiger partial charge in [-0.3, -0.25) is 14.4 Å². The second kappa shape index (κ2) is 7.78. The number of hydrogen-bond acceptors (Lipinski definition) is 10. The Morgan fingerprint density at radius 2 is 1.79 bits per heavy atom. The first-order chi connectivity index (χ1) is 17.8. The maximum Gasteiger partial charge on any atom is 0.302 e. The quantitative estimate of drug-likeness (QED) is 0.414. The van der Waals surface area contributed by atoms with Crippen LogP contribution < -0.4 is 0 Å². The summed E-state index contributed by atoms with van der Waals surface area (Å²) >= 11 is 0. The Kier molecular flexibility index (Phi) is 5.27. The van der Waals surface area contributed by atoms with Crippen LogP contribution in [0.2, 0.25) is 0 Å². The number of carbonyl (C=O) groups excluding carboxylic acids is 3. The zero-order chi connectivity index (χ0) is 27.6. The number of furan rings is 1. The summed E-state index contributed by atoms with van der Waals surface area (Å²) < 4.78 is 16.6. The fourth-order valence-electron chi connectivity index (χ4n) is 9.42. The fourth-order valence-corrected chi connectivity index (χ4v) is 9.42. The highest BCUT2D eigenvalue weighted by atomic mass is 16.6. The molecule has 10 nitrogen and oxygen atoms in total. The molecule has 1 aromatic rings. The molecule has 11 atom stereocenters. The van der Waals surface area contributed by atoms with Crippen molar-refractivity contribution < 1.29 is 48.7 Å². The first-order valence-corrected chi connectivity index (χ1v) is 13.1. The lowest BCUT2D eigenvalue weighted by Crippen LogP contribution is -2.75. The number of hydrogen-bond donors (Lipinski definition) is 4. The van der Waals surface area contributed by atoms with Crippen LogP contribution in [-0.2, 0) is 23.9 Å². The zero-order valence-electron chi connectivity index (χ0n) is 21.8. The predicted octanol–water partition coefficient (Wildman–Crippen LogP) is 1.78. The van der Waals surface area contributed by atoms with Gasteiger partial charge in [-0.05, 0) is 29.5 Å². The number of ether oxygens (including phenoxy) is 2. The molecule has 1 aromatic heterocycles. The van der Waals surface area contributed by atoms with Gasteiger partial charge in [-0.15, -0.1) is 0 Å². The topological polar surface area (TPSA) is 164 Å².